The monoisotopic (exact) mass is 325 g/mol. The van der Waals surface area contributed by atoms with E-state index < -0.39 is 10.9 Å². The van der Waals surface area contributed by atoms with Crippen LogP contribution in [0.25, 0.3) is 0 Å². The van der Waals surface area contributed by atoms with Gasteiger partial charge in [-0.3, -0.25) is 14.8 Å². The number of nitro benzene ring substituents is 1. The van der Waals surface area contributed by atoms with Crippen molar-refractivity contribution in [2.45, 2.75) is 6.54 Å². The number of carbonyl (C=O) groups is 1. The summed E-state index contributed by atoms with van der Waals surface area (Å²) in [6.07, 6.45) is 2.65. The highest BCUT2D eigenvalue weighted by Gasteiger charge is 2.11. The third kappa shape index (κ3) is 2.97. The van der Waals surface area contributed by atoms with E-state index in [9.17, 15) is 14.9 Å². The van der Waals surface area contributed by atoms with E-state index in [2.05, 4.69) is 21.0 Å². The summed E-state index contributed by atoms with van der Waals surface area (Å²) in [5, 5.41) is 23.3. The van der Waals surface area contributed by atoms with Crippen LogP contribution in [0.15, 0.2) is 35.1 Å². The number of carboxylic acids is 1. The van der Waals surface area contributed by atoms with Crippen molar-refractivity contribution in [2.24, 2.45) is 0 Å². The number of hydrogen-bond donors (Lipinski definition) is 1. The minimum absolute atomic E-state index is 0.0117. The molecule has 0 aliphatic heterocycles. The smallest absolute Gasteiger partial charge is 0.338 e. The number of halogens is 1. The molecule has 0 spiro atoms. The van der Waals surface area contributed by atoms with Gasteiger partial charge in [-0.2, -0.15) is 5.10 Å². The Morgan fingerprint density at radius 2 is 2.26 bits per heavy atom. The van der Waals surface area contributed by atoms with Gasteiger partial charge in [0.05, 0.1) is 23.2 Å². The van der Waals surface area contributed by atoms with Crippen LogP contribution in [0, 0.1) is 10.1 Å². The van der Waals surface area contributed by atoms with Crippen molar-refractivity contribution in [3.63, 3.8) is 0 Å². The van der Waals surface area contributed by atoms with E-state index in [4.69, 9.17) is 5.11 Å². The van der Waals surface area contributed by atoms with E-state index in [1.807, 2.05) is 0 Å². The van der Waals surface area contributed by atoms with Crippen LogP contribution in [0.3, 0.4) is 0 Å². The van der Waals surface area contributed by atoms with Crippen molar-refractivity contribution >= 4 is 27.6 Å². The number of aromatic carboxylic acids is 1. The summed E-state index contributed by atoms with van der Waals surface area (Å²) in [4.78, 5) is 20.8. The topological polar surface area (TPSA) is 98.3 Å². The van der Waals surface area contributed by atoms with Crippen molar-refractivity contribution < 1.29 is 14.8 Å². The zero-order valence-corrected chi connectivity index (χ0v) is 11.1. The fourth-order valence-electron chi connectivity index (χ4n) is 1.51. The first-order valence-corrected chi connectivity index (χ1v) is 5.95. The predicted molar refractivity (Wildman–Crippen MR) is 69.1 cm³/mol. The fraction of sp³-hybridized carbons (Fsp3) is 0.0909. The summed E-state index contributed by atoms with van der Waals surface area (Å²) in [6, 6.07) is 4.39. The first-order chi connectivity index (χ1) is 8.97. The average molecular weight is 326 g/mol. The zero-order chi connectivity index (χ0) is 14.0. The highest BCUT2D eigenvalue weighted by atomic mass is 79.9. The first kappa shape index (κ1) is 13.2. The van der Waals surface area contributed by atoms with Crippen LogP contribution in [-0.4, -0.2) is 25.8 Å². The molecule has 2 aromatic rings. The Balaban J connectivity index is 2.23. The van der Waals surface area contributed by atoms with Gasteiger partial charge in [0, 0.05) is 22.8 Å². The zero-order valence-electron chi connectivity index (χ0n) is 9.49. The summed E-state index contributed by atoms with van der Waals surface area (Å²) >= 11 is 3.25. The van der Waals surface area contributed by atoms with E-state index in [-0.39, 0.29) is 11.3 Å². The number of carboxylic acid groups (broad SMARTS) is 1. The number of nitrogens with zero attached hydrogens (tertiary/aromatic N) is 3. The highest BCUT2D eigenvalue weighted by molar-refractivity contribution is 9.10. The lowest BCUT2D eigenvalue weighted by Crippen LogP contribution is -2.01. The maximum Gasteiger partial charge on any atom is 0.338 e. The van der Waals surface area contributed by atoms with Crippen molar-refractivity contribution in [1.29, 1.82) is 0 Å². The second-order valence-electron chi connectivity index (χ2n) is 3.76. The molecule has 0 aliphatic rings. The van der Waals surface area contributed by atoms with E-state index in [1.165, 1.54) is 29.2 Å². The van der Waals surface area contributed by atoms with Gasteiger partial charge in [-0.15, -0.1) is 0 Å². The molecular weight excluding hydrogens is 318 g/mol. The molecule has 0 aliphatic carbocycles. The van der Waals surface area contributed by atoms with Crippen molar-refractivity contribution in [2.75, 3.05) is 0 Å². The lowest BCUT2D eigenvalue weighted by atomic mass is 10.2. The van der Waals surface area contributed by atoms with Gasteiger partial charge < -0.3 is 5.11 Å². The molecule has 1 N–H and O–H groups in total. The van der Waals surface area contributed by atoms with Gasteiger partial charge in [0.2, 0.25) is 0 Å². The number of non-ortho nitro benzene ring substituents is 1. The Labute approximate surface area is 115 Å². The third-order valence-electron chi connectivity index (χ3n) is 2.46. The van der Waals surface area contributed by atoms with Crippen molar-refractivity contribution in [3.8, 4) is 0 Å². The van der Waals surface area contributed by atoms with Crippen LogP contribution in [0.2, 0.25) is 0 Å². The summed E-state index contributed by atoms with van der Waals surface area (Å²) in [5.74, 6) is -1.05. The minimum atomic E-state index is -1.05. The molecule has 0 saturated heterocycles. The fourth-order valence-corrected chi connectivity index (χ4v) is 2.01. The third-order valence-corrected chi connectivity index (χ3v) is 3.20. The van der Waals surface area contributed by atoms with Crippen LogP contribution in [-0.2, 0) is 6.54 Å². The summed E-state index contributed by atoms with van der Waals surface area (Å²) in [7, 11) is 0. The van der Waals surface area contributed by atoms with Crippen LogP contribution < -0.4 is 0 Å². The quantitative estimate of drug-likeness (QED) is 0.687. The van der Waals surface area contributed by atoms with Gasteiger partial charge in [-0.25, -0.2) is 4.79 Å². The molecule has 98 valence electrons. The standard InChI is InChI=1S/C11H8BrN3O4/c12-10-3-9(15(18)19)2-1-7(10)5-14-6-8(4-13-14)11(16)17/h1-4,6H,5H2,(H,16,17). The lowest BCUT2D eigenvalue weighted by molar-refractivity contribution is -0.384. The molecule has 2 rings (SSSR count). The Morgan fingerprint density at radius 1 is 1.53 bits per heavy atom. The normalized spacial score (nSPS) is 10.4. The van der Waals surface area contributed by atoms with E-state index in [0.717, 1.165) is 5.56 Å². The Hall–Kier alpha value is -2.22. The number of rotatable bonds is 4. The van der Waals surface area contributed by atoms with Crippen LogP contribution in [0.5, 0.6) is 0 Å². The molecule has 0 unspecified atom stereocenters. The van der Waals surface area contributed by atoms with E-state index in [0.29, 0.717) is 11.0 Å². The SMILES string of the molecule is O=C(O)c1cnn(Cc2ccc([N+](=O)[O-])cc2Br)c1. The molecule has 19 heavy (non-hydrogen) atoms. The molecule has 1 aromatic carbocycles. The molecule has 0 amide bonds. The van der Waals surface area contributed by atoms with Crippen LogP contribution in [0.1, 0.15) is 15.9 Å². The maximum absolute atomic E-state index is 10.7. The van der Waals surface area contributed by atoms with Gasteiger partial charge in [-0.1, -0.05) is 15.9 Å². The Morgan fingerprint density at radius 3 is 2.79 bits per heavy atom. The number of aromatic nitrogens is 2. The summed E-state index contributed by atoms with van der Waals surface area (Å²) < 4.78 is 2.03. The van der Waals surface area contributed by atoms with Crippen LogP contribution in [0.4, 0.5) is 5.69 Å². The summed E-state index contributed by atoms with van der Waals surface area (Å²) in [5.41, 5.74) is 0.853. The van der Waals surface area contributed by atoms with Crippen molar-refractivity contribution in [1.82, 2.24) is 9.78 Å². The van der Waals surface area contributed by atoms with Crippen molar-refractivity contribution in [3.05, 3.63) is 56.3 Å². The van der Waals surface area contributed by atoms with Gasteiger partial charge in [0.25, 0.3) is 5.69 Å². The molecular formula is C11H8BrN3O4. The molecule has 1 heterocycles. The molecule has 1 aromatic heterocycles. The maximum atomic E-state index is 10.7. The van der Waals surface area contributed by atoms with Gasteiger partial charge in [0.15, 0.2) is 0 Å². The number of benzene rings is 1. The number of hydrogen-bond acceptors (Lipinski definition) is 4. The molecule has 0 atom stereocenters. The molecule has 0 bridgehead atoms. The molecule has 0 saturated carbocycles. The average Bonchev–Trinajstić information content (AvgIpc) is 2.80. The predicted octanol–water partition coefficient (Wildman–Crippen LogP) is 2.30. The van der Waals surface area contributed by atoms with Gasteiger partial charge >= 0.3 is 5.97 Å². The lowest BCUT2D eigenvalue weighted by Gasteiger charge is -2.04. The summed E-state index contributed by atoms with van der Waals surface area (Å²) in [6.45, 7) is 0.325. The largest absolute Gasteiger partial charge is 0.478 e. The highest BCUT2D eigenvalue weighted by Crippen LogP contribution is 2.23. The van der Waals surface area contributed by atoms with E-state index >= 15 is 0 Å². The Kier molecular flexibility index (Phi) is 3.61. The van der Waals surface area contributed by atoms with Crippen LogP contribution >= 0.6 is 15.9 Å². The van der Waals surface area contributed by atoms with Gasteiger partial charge in [-0.05, 0) is 11.6 Å². The molecule has 8 heteroatoms. The number of nitro groups is 1. The first-order valence-electron chi connectivity index (χ1n) is 5.16. The molecule has 7 nitrogen and oxygen atoms in total. The second-order valence-corrected chi connectivity index (χ2v) is 4.62. The second kappa shape index (κ2) is 5.19. The van der Waals surface area contributed by atoms with E-state index in [1.54, 1.807) is 6.07 Å². The minimum Gasteiger partial charge on any atom is -0.478 e. The van der Waals surface area contributed by atoms with Gasteiger partial charge in [0.1, 0.15) is 0 Å². The molecule has 0 fully saturated rings. The Bertz CT molecular complexity index is 653. The molecule has 0 radical (unpaired) electrons.